The highest BCUT2D eigenvalue weighted by atomic mass is 19.1. The average Bonchev–Trinajstić information content (AvgIpc) is 2.49. The number of benzene rings is 1. The van der Waals surface area contributed by atoms with Gasteiger partial charge in [0.25, 0.3) is 0 Å². The van der Waals surface area contributed by atoms with Gasteiger partial charge in [0.2, 0.25) is 0 Å². The van der Waals surface area contributed by atoms with Crippen LogP contribution in [0.4, 0.5) is 4.39 Å². The van der Waals surface area contributed by atoms with Crippen molar-refractivity contribution in [2.75, 3.05) is 0 Å². The normalized spacial score (nSPS) is 11.1. The van der Waals surface area contributed by atoms with Crippen molar-refractivity contribution < 1.29 is 9.60 Å². The summed E-state index contributed by atoms with van der Waals surface area (Å²) in [4.78, 5) is 4.13. The Bertz CT molecular complexity index is 594. The van der Waals surface area contributed by atoms with Crippen molar-refractivity contribution >= 4 is 6.21 Å². The van der Waals surface area contributed by atoms with Crippen molar-refractivity contribution in [3.8, 4) is 0 Å². The Hall–Kier alpha value is -2.23. The lowest BCUT2D eigenvalue weighted by atomic mass is 10.0. The van der Waals surface area contributed by atoms with E-state index in [4.69, 9.17) is 5.21 Å². The lowest BCUT2D eigenvalue weighted by Gasteiger charge is -2.04. The largest absolute Gasteiger partial charge is 0.411 e. The van der Waals surface area contributed by atoms with Crippen LogP contribution in [0.1, 0.15) is 29.4 Å². The van der Waals surface area contributed by atoms with Gasteiger partial charge in [-0.3, -0.25) is 0 Å². The molecule has 0 saturated heterocycles. The molecule has 0 amide bonds. The van der Waals surface area contributed by atoms with E-state index in [2.05, 4.69) is 41.3 Å². The first-order valence-corrected chi connectivity index (χ1v) is 6.63. The van der Waals surface area contributed by atoms with Crippen LogP contribution in [0.2, 0.25) is 0 Å². The Balaban J connectivity index is 2.04. The van der Waals surface area contributed by atoms with Crippen LogP contribution in [0.25, 0.3) is 0 Å². The van der Waals surface area contributed by atoms with Crippen LogP contribution < -0.4 is 0 Å². The van der Waals surface area contributed by atoms with Gasteiger partial charge in [-0.25, -0.2) is 9.37 Å². The molecule has 0 atom stereocenters. The molecule has 0 aliphatic carbocycles. The minimum Gasteiger partial charge on any atom is -0.411 e. The number of aromatic nitrogens is 1. The van der Waals surface area contributed by atoms with Gasteiger partial charge in [0, 0.05) is 5.69 Å². The van der Waals surface area contributed by atoms with Crippen LogP contribution in [0, 0.1) is 5.82 Å². The molecular formula is C16H17FN2O. The number of oxime groups is 1. The molecule has 1 heterocycles. The maximum atomic E-state index is 13.3. The van der Waals surface area contributed by atoms with Crippen LogP contribution in [-0.2, 0) is 19.3 Å². The number of rotatable bonds is 5. The Kier molecular flexibility index (Phi) is 4.82. The zero-order valence-corrected chi connectivity index (χ0v) is 11.4. The summed E-state index contributed by atoms with van der Waals surface area (Å²) >= 11 is 0. The molecule has 0 aliphatic heterocycles. The standard InChI is InChI=1S/C16H17FN2O/c1-2-12-3-5-13(6-4-12)7-8-14-9-10-15(17)16(19-14)11-18-20/h3-6,9-11,20H,2,7-8H2,1H3/b18-11+. The lowest BCUT2D eigenvalue weighted by molar-refractivity contribution is 0.321. The highest BCUT2D eigenvalue weighted by Gasteiger charge is 2.04. The number of halogens is 1. The van der Waals surface area contributed by atoms with Crippen molar-refractivity contribution in [2.45, 2.75) is 26.2 Å². The molecule has 0 unspecified atom stereocenters. The summed E-state index contributed by atoms with van der Waals surface area (Å²) in [6.45, 7) is 2.13. The van der Waals surface area contributed by atoms with E-state index in [0.717, 1.165) is 31.2 Å². The fourth-order valence-electron chi connectivity index (χ4n) is 2.00. The van der Waals surface area contributed by atoms with E-state index >= 15 is 0 Å². The van der Waals surface area contributed by atoms with Crippen LogP contribution in [0.3, 0.4) is 0 Å². The van der Waals surface area contributed by atoms with Crippen LogP contribution in [-0.4, -0.2) is 16.4 Å². The number of pyridine rings is 1. The first-order chi connectivity index (χ1) is 9.72. The topological polar surface area (TPSA) is 45.5 Å². The average molecular weight is 272 g/mol. The van der Waals surface area contributed by atoms with E-state index < -0.39 is 5.82 Å². The van der Waals surface area contributed by atoms with Crippen molar-refractivity contribution in [2.24, 2.45) is 5.16 Å². The Morgan fingerprint density at radius 2 is 1.80 bits per heavy atom. The Morgan fingerprint density at radius 3 is 2.45 bits per heavy atom. The third kappa shape index (κ3) is 3.63. The molecule has 0 bridgehead atoms. The van der Waals surface area contributed by atoms with E-state index in [0.29, 0.717) is 0 Å². The summed E-state index contributed by atoms with van der Waals surface area (Å²) in [7, 11) is 0. The van der Waals surface area contributed by atoms with Gasteiger partial charge in [0.15, 0.2) is 5.82 Å². The molecule has 1 N–H and O–H groups in total. The molecule has 1 aromatic heterocycles. The van der Waals surface area contributed by atoms with E-state index in [9.17, 15) is 4.39 Å². The van der Waals surface area contributed by atoms with Gasteiger partial charge in [-0.1, -0.05) is 36.3 Å². The quantitative estimate of drug-likeness (QED) is 0.515. The molecule has 20 heavy (non-hydrogen) atoms. The summed E-state index contributed by atoms with van der Waals surface area (Å²) in [5.74, 6) is -0.487. The molecule has 1 aromatic carbocycles. The third-order valence-corrected chi connectivity index (χ3v) is 3.21. The summed E-state index contributed by atoms with van der Waals surface area (Å²) in [6.07, 6.45) is 3.61. The van der Waals surface area contributed by atoms with Crippen LogP contribution in [0.15, 0.2) is 41.6 Å². The second kappa shape index (κ2) is 6.80. The lowest BCUT2D eigenvalue weighted by Crippen LogP contribution is -2.00. The monoisotopic (exact) mass is 272 g/mol. The third-order valence-electron chi connectivity index (χ3n) is 3.21. The van der Waals surface area contributed by atoms with Gasteiger partial charge in [-0.15, -0.1) is 0 Å². The van der Waals surface area contributed by atoms with Gasteiger partial charge in [-0.05, 0) is 42.5 Å². The van der Waals surface area contributed by atoms with Crippen molar-refractivity contribution in [3.63, 3.8) is 0 Å². The number of aryl methyl sites for hydroxylation is 3. The van der Waals surface area contributed by atoms with Gasteiger partial charge >= 0.3 is 0 Å². The second-order valence-electron chi connectivity index (χ2n) is 4.58. The highest BCUT2D eigenvalue weighted by Crippen LogP contribution is 2.10. The molecular weight excluding hydrogens is 255 g/mol. The molecule has 104 valence electrons. The number of hydrogen-bond acceptors (Lipinski definition) is 3. The zero-order chi connectivity index (χ0) is 14.4. The zero-order valence-electron chi connectivity index (χ0n) is 11.4. The molecule has 0 saturated carbocycles. The minimum absolute atomic E-state index is 0.0614. The minimum atomic E-state index is -0.487. The molecule has 2 rings (SSSR count). The van der Waals surface area contributed by atoms with Gasteiger partial charge in [0.05, 0.1) is 6.21 Å². The van der Waals surface area contributed by atoms with Crippen molar-refractivity contribution in [1.29, 1.82) is 0 Å². The Labute approximate surface area is 117 Å². The number of nitrogens with zero attached hydrogens (tertiary/aromatic N) is 2. The predicted molar refractivity (Wildman–Crippen MR) is 76.8 cm³/mol. The first-order valence-electron chi connectivity index (χ1n) is 6.63. The van der Waals surface area contributed by atoms with Crippen LogP contribution >= 0.6 is 0 Å². The fraction of sp³-hybridized carbons (Fsp3) is 0.250. The van der Waals surface area contributed by atoms with Gasteiger partial charge < -0.3 is 5.21 Å². The fourth-order valence-corrected chi connectivity index (χ4v) is 2.00. The molecule has 3 nitrogen and oxygen atoms in total. The Morgan fingerprint density at radius 1 is 1.10 bits per heavy atom. The molecule has 0 spiro atoms. The molecule has 2 aromatic rings. The summed E-state index contributed by atoms with van der Waals surface area (Å²) in [5.41, 5.74) is 3.38. The molecule has 4 heteroatoms. The maximum absolute atomic E-state index is 13.3. The number of hydrogen-bond donors (Lipinski definition) is 1. The van der Waals surface area contributed by atoms with E-state index in [1.807, 2.05) is 0 Å². The summed E-state index contributed by atoms with van der Waals surface area (Å²) in [6, 6.07) is 11.5. The van der Waals surface area contributed by atoms with Gasteiger partial charge in [-0.2, -0.15) is 0 Å². The predicted octanol–water partition coefficient (Wildman–Crippen LogP) is 3.38. The molecule has 0 radical (unpaired) electrons. The van der Waals surface area contributed by atoms with Gasteiger partial charge in [0.1, 0.15) is 5.69 Å². The molecule has 0 aliphatic rings. The smallest absolute Gasteiger partial charge is 0.150 e. The van der Waals surface area contributed by atoms with Crippen LogP contribution in [0.5, 0.6) is 0 Å². The second-order valence-corrected chi connectivity index (χ2v) is 4.58. The van der Waals surface area contributed by atoms with Crippen molar-refractivity contribution in [1.82, 2.24) is 4.98 Å². The molecule has 0 fully saturated rings. The highest BCUT2D eigenvalue weighted by molar-refractivity contribution is 5.76. The van der Waals surface area contributed by atoms with Crippen molar-refractivity contribution in [3.05, 3.63) is 64.7 Å². The summed E-state index contributed by atoms with van der Waals surface area (Å²) in [5, 5.41) is 11.3. The SMILES string of the molecule is CCc1ccc(CCc2ccc(F)c(/C=N/O)n2)cc1. The van der Waals surface area contributed by atoms with E-state index in [1.165, 1.54) is 17.2 Å². The van der Waals surface area contributed by atoms with E-state index in [-0.39, 0.29) is 5.69 Å². The van der Waals surface area contributed by atoms with E-state index in [1.54, 1.807) is 6.07 Å². The maximum Gasteiger partial charge on any atom is 0.150 e. The first kappa shape index (κ1) is 14.2. The summed E-state index contributed by atoms with van der Waals surface area (Å²) < 4.78 is 13.3.